The van der Waals surface area contributed by atoms with Crippen LogP contribution in [0.15, 0.2) is 45.7 Å². The van der Waals surface area contributed by atoms with Gasteiger partial charge in [-0.2, -0.15) is 0 Å². The third-order valence-corrected chi connectivity index (χ3v) is 5.87. The van der Waals surface area contributed by atoms with Crippen LogP contribution in [0.1, 0.15) is 40.1 Å². The number of rotatable bonds is 5. The quantitative estimate of drug-likeness (QED) is 0.697. The molecule has 29 heavy (non-hydrogen) atoms. The predicted molar refractivity (Wildman–Crippen MR) is 113 cm³/mol. The summed E-state index contributed by atoms with van der Waals surface area (Å²) in [5, 5.41) is 1.18. The highest BCUT2D eigenvalue weighted by atomic mass is 16.4. The minimum atomic E-state index is -0.543. The number of hydrogen-bond acceptors (Lipinski definition) is 4. The van der Waals surface area contributed by atoms with Crippen molar-refractivity contribution in [3.05, 3.63) is 69.4 Å². The van der Waals surface area contributed by atoms with Gasteiger partial charge in [0.05, 0.1) is 0 Å². The maximum atomic E-state index is 12.9. The maximum Gasteiger partial charge on any atom is 0.349 e. The molecule has 1 unspecified atom stereocenters. The molecule has 1 aromatic carbocycles. The lowest BCUT2D eigenvalue weighted by atomic mass is 9.97. The van der Waals surface area contributed by atoms with Gasteiger partial charge in [-0.1, -0.05) is 18.2 Å². The summed E-state index contributed by atoms with van der Waals surface area (Å²) in [7, 11) is 0. The SMILES string of the molecule is Cc1cc(CCc2c[nH]c3ccccc23)oc(=O)c1C(=O)N1CCCC(CN)C1. The maximum absolute atomic E-state index is 12.9. The zero-order valence-electron chi connectivity index (χ0n) is 16.7. The second kappa shape index (κ2) is 8.25. The fourth-order valence-corrected chi connectivity index (χ4v) is 4.25. The second-order valence-corrected chi connectivity index (χ2v) is 7.91. The van der Waals surface area contributed by atoms with Crippen molar-refractivity contribution in [2.24, 2.45) is 11.7 Å². The van der Waals surface area contributed by atoms with E-state index in [9.17, 15) is 9.59 Å². The van der Waals surface area contributed by atoms with Gasteiger partial charge in [0.1, 0.15) is 11.3 Å². The highest BCUT2D eigenvalue weighted by Gasteiger charge is 2.27. The number of amides is 1. The Morgan fingerprint density at radius 1 is 1.31 bits per heavy atom. The second-order valence-electron chi connectivity index (χ2n) is 7.91. The molecular weight excluding hydrogens is 366 g/mol. The Hall–Kier alpha value is -2.86. The normalized spacial score (nSPS) is 17.0. The predicted octanol–water partition coefficient (Wildman–Crippen LogP) is 3.03. The van der Waals surface area contributed by atoms with Gasteiger partial charge in [0.15, 0.2) is 0 Å². The summed E-state index contributed by atoms with van der Waals surface area (Å²) < 4.78 is 5.53. The number of nitrogens with zero attached hydrogens (tertiary/aromatic N) is 1. The number of nitrogens with two attached hydrogens (primary N) is 1. The van der Waals surface area contributed by atoms with Crippen LogP contribution in [0.25, 0.3) is 10.9 Å². The molecule has 1 aliphatic rings. The van der Waals surface area contributed by atoms with E-state index in [4.69, 9.17) is 10.2 Å². The van der Waals surface area contributed by atoms with Crippen molar-refractivity contribution in [3.8, 4) is 0 Å². The molecule has 3 aromatic rings. The van der Waals surface area contributed by atoms with Gasteiger partial charge in [0.2, 0.25) is 0 Å². The summed E-state index contributed by atoms with van der Waals surface area (Å²) in [5.41, 5.74) is 8.33. The molecule has 0 bridgehead atoms. The van der Waals surface area contributed by atoms with Gasteiger partial charge in [-0.25, -0.2) is 4.79 Å². The van der Waals surface area contributed by atoms with E-state index in [0.29, 0.717) is 43.3 Å². The molecule has 152 valence electrons. The smallest absolute Gasteiger partial charge is 0.349 e. The third kappa shape index (κ3) is 3.98. The van der Waals surface area contributed by atoms with Crippen LogP contribution in [0.5, 0.6) is 0 Å². The molecule has 2 aromatic heterocycles. The van der Waals surface area contributed by atoms with E-state index >= 15 is 0 Å². The van der Waals surface area contributed by atoms with Crippen LogP contribution in [0.3, 0.4) is 0 Å². The minimum absolute atomic E-state index is 0.151. The molecule has 1 atom stereocenters. The third-order valence-electron chi connectivity index (χ3n) is 5.87. The first-order chi connectivity index (χ1) is 14.1. The van der Waals surface area contributed by atoms with Crippen LogP contribution >= 0.6 is 0 Å². The molecule has 0 saturated carbocycles. The van der Waals surface area contributed by atoms with E-state index < -0.39 is 5.63 Å². The van der Waals surface area contributed by atoms with Gasteiger partial charge in [0.25, 0.3) is 5.91 Å². The average molecular weight is 393 g/mol. The molecule has 6 nitrogen and oxygen atoms in total. The first kappa shape index (κ1) is 19.5. The number of hydrogen-bond donors (Lipinski definition) is 2. The van der Waals surface area contributed by atoms with Crippen molar-refractivity contribution in [2.45, 2.75) is 32.6 Å². The minimum Gasteiger partial charge on any atom is -0.427 e. The van der Waals surface area contributed by atoms with Crippen molar-refractivity contribution in [1.29, 1.82) is 0 Å². The standard InChI is InChI=1S/C23H27N3O3/c1-15-11-18(9-8-17-13-25-20-7-3-2-6-19(17)20)29-23(28)21(15)22(27)26-10-4-5-16(12-24)14-26/h2-3,6-7,11,13,16,25H,4-5,8-10,12,14,24H2,1H3. The average Bonchev–Trinajstić information content (AvgIpc) is 3.15. The largest absolute Gasteiger partial charge is 0.427 e. The van der Waals surface area contributed by atoms with E-state index in [0.717, 1.165) is 24.8 Å². The van der Waals surface area contributed by atoms with Crippen LogP contribution in [0, 0.1) is 12.8 Å². The zero-order chi connectivity index (χ0) is 20.4. The Balaban J connectivity index is 1.51. The summed E-state index contributed by atoms with van der Waals surface area (Å²) in [6, 6.07) is 9.96. The summed E-state index contributed by atoms with van der Waals surface area (Å²) in [4.78, 5) is 30.6. The van der Waals surface area contributed by atoms with E-state index in [2.05, 4.69) is 11.1 Å². The van der Waals surface area contributed by atoms with Gasteiger partial charge in [0, 0.05) is 36.6 Å². The van der Waals surface area contributed by atoms with Crippen LogP contribution in [-0.2, 0) is 12.8 Å². The zero-order valence-corrected chi connectivity index (χ0v) is 16.7. The lowest BCUT2D eigenvalue weighted by Gasteiger charge is -2.32. The number of H-pyrrole nitrogens is 1. The summed E-state index contributed by atoms with van der Waals surface area (Å²) in [6.07, 6.45) is 5.30. The number of benzene rings is 1. The number of likely N-dealkylation sites (tertiary alicyclic amines) is 1. The Bertz CT molecular complexity index is 1080. The van der Waals surface area contributed by atoms with Crippen LogP contribution in [-0.4, -0.2) is 35.4 Å². The number of fused-ring (bicyclic) bond motifs is 1. The van der Waals surface area contributed by atoms with Gasteiger partial charge in [-0.15, -0.1) is 0 Å². The van der Waals surface area contributed by atoms with Crippen LogP contribution in [0.2, 0.25) is 0 Å². The number of para-hydroxylation sites is 1. The van der Waals surface area contributed by atoms with Gasteiger partial charge in [-0.3, -0.25) is 4.79 Å². The van der Waals surface area contributed by atoms with Gasteiger partial charge in [-0.05, 0) is 61.9 Å². The monoisotopic (exact) mass is 393 g/mol. The molecule has 0 spiro atoms. The molecule has 1 amide bonds. The number of aromatic amines is 1. The molecule has 1 fully saturated rings. The number of piperidine rings is 1. The van der Waals surface area contributed by atoms with Crippen molar-refractivity contribution >= 4 is 16.8 Å². The van der Waals surface area contributed by atoms with Crippen molar-refractivity contribution in [1.82, 2.24) is 9.88 Å². The van der Waals surface area contributed by atoms with E-state index in [1.807, 2.05) is 37.4 Å². The Kier molecular flexibility index (Phi) is 5.53. The van der Waals surface area contributed by atoms with Crippen molar-refractivity contribution in [3.63, 3.8) is 0 Å². The number of carbonyl (C=O) groups excluding carboxylic acids is 1. The van der Waals surface area contributed by atoms with E-state index in [-0.39, 0.29) is 11.5 Å². The van der Waals surface area contributed by atoms with E-state index in [1.54, 1.807) is 4.90 Å². The number of aryl methyl sites for hydroxylation is 3. The molecule has 3 heterocycles. The van der Waals surface area contributed by atoms with Gasteiger partial charge >= 0.3 is 5.63 Å². The lowest BCUT2D eigenvalue weighted by molar-refractivity contribution is 0.0672. The van der Waals surface area contributed by atoms with Crippen molar-refractivity contribution < 1.29 is 9.21 Å². The molecule has 1 aliphatic heterocycles. The number of nitrogens with one attached hydrogen (secondary N) is 1. The summed E-state index contributed by atoms with van der Waals surface area (Å²) in [6.45, 7) is 3.64. The first-order valence-corrected chi connectivity index (χ1v) is 10.2. The molecule has 0 radical (unpaired) electrons. The molecular formula is C23H27N3O3. The topological polar surface area (TPSA) is 92.3 Å². The molecule has 0 aliphatic carbocycles. The Morgan fingerprint density at radius 2 is 2.14 bits per heavy atom. The van der Waals surface area contributed by atoms with E-state index in [1.165, 1.54) is 10.9 Å². The van der Waals surface area contributed by atoms with Crippen LogP contribution < -0.4 is 11.4 Å². The highest BCUT2D eigenvalue weighted by molar-refractivity contribution is 5.95. The first-order valence-electron chi connectivity index (χ1n) is 10.2. The fraction of sp³-hybridized carbons (Fsp3) is 0.391. The highest BCUT2D eigenvalue weighted by Crippen LogP contribution is 2.21. The van der Waals surface area contributed by atoms with Gasteiger partial charge < -0.3 is 20.0 Å². The molecule has 1 saturated heterocycles. The number of carbonyl (C=O) groups is 1. The summed E-state index contributed by atoms with van der Waals surface area (Å²) >= 11 is 0. The van der Waals surface area contributed by atoms with Crippen molar-refractivity contribution in [2.75, 3.05) is 19.6 Å². The van der Waals surface area contributed by atoms with Crippen LogP contribution in [0.4, 0.5) is 0 Å². The molecule has 3 N–H and O–H groups in total. The summed E-state index contributed by atoms with van der Waals surface area (Å²) in [5.74, 6) is 0.667. The Morgan fingerprint density at radius 3 is 2.93 bits per heavy atom. The molecule has 4 rings (SSSR count). The lowest BCUT2D eigenvalue weighted by Crippen LogP contribution is -2.43. The Labute approximate surface area is 169 Å². The number of aromatic nitrogens is 1. The molecule has 6 heteroatoms. The fourth-order valence-electron chi connectivity index (χ4n) is 4.25.